The molecule has 0 aliphatic carbocycles. The molecule has 0 saturated carbocycles. The first-order valence-corrected chi connectivity index (χ1v) is 6.49. The molecular weight excluding hydrogens is 268 g/mol. The lowest BCUT2D eigenvalue weighted by Gasteiger charge is -2.10. The number of nitrogens with zero attached hydrogens (tertiary/aromatic N) is 3. The van der Waals surface area contributed by atoms with Gasteiger partial charge in [0.1, 0.15) is 12.2 Å². The topological polar surface area (TPSA) is 69.0 Å². The van der Waals surface area contributed by atoms with E-state index in [2.05, 4.69) is 15.6 Å². The number of benzene rings is 2. The summed E-state index contributed by atoms with van der Waals surface area (Å²) in [5, 5.41) is 11.4. The van der Waals surface area contributed by atoms with Crippen LogP contribution in [0, 0.1) is 0 Å². The van der Waals surface area contributed by atoms with Crippen molar-refractivity contribution in [2.24, 2.45) is 0 Å². The minimum Gasteiger partial charge on any atom is -0.465 e. The number of esters is 1. The zero-order chi connectivity index (χ0) is 14.7. The van der Waals surface area contributed by atoms with Gasteiger partial charge in [0, 0.05) is 0 Å². The van der Waals surface area contributed by atoms with Crippen LogP contribution in [-0.2, 0) is 11.4 Å². The number of ether oxygens (including phenoxy) is 1. The molecule has 0 radical (unpaired) electrons. The van der Waals surface area contributed by atoms with Crippen molar-refractivity contribution in [2.45, 2.75) is 6.67 Å². The molecule has 0 saturated heterocycles. The number of carbonyl (C=O) groups is 1. The Morgan fingerprint density at radius 2 is 1.95 bits per heavy atom. The van der Waals surface area contributed by atoms with Gasteiger partial charge >= 0.3 is 5.97 Å². The summed E-state index contributed by atoms with van der Waals surface area (Å²) < 4.78 is 6.51. The number of rotatable bonds is 4. The van der Waals surface area contributed by atoms with Crippen molar-refractivity contribution >= 4 is 22.7 Å². The largest absolute Gasteiger partial charge is 0.465 e. The number of carbonyl (C=O) groups excluding carboxylic acids is 1. The van der Waals surface area contributed by atoms with Gasteiger partial charge in [-0.2, -0.15) is 0 Å². The van der Waals surface area contributed by atoms with Gasteiger partial charge < -0.3 is 10.1 Å². The average Bonchev–Trinajstić information content (AvgIpc) is 2.96. The third-order valence-electron chi connectivity index (χ3n) is 3.17. The van der Waals surface area contributed by atoms with Crippen LogP contribution in [0.4, 0.5) is 5.69 Å². The molecule has 0 spiro atoms. The molecular formula is C15H14N4O2. The Labute approximate surface area is 121 Å². The Morgan fingerprint density at radius 3 is 2.81 bits per heavy atom. The fourth-order valence-electron chi connectivity index (χ4n) is 2.12. The first-order chi connectivity index (χ1) is 10.3. The smallest absolute Gasteiger partial charge is 0.339 e. The summed E-state index contributed by atoms with van der Waals surface area (Å²) in [6.45, 7) is 0.411. The highest BCUT2D eigenvalue weighted by Gasteiger charge is 2.11. The summed E-state index contributed by atoms with van der Waals surface area (Å²) in [5.74, 6) is -0.374. The monoisotopic (exact) mass is 282 g/mol. The predicted molar refractivity (Wildman–Crippen MR) is 78.9 cm³/mol. The van der Waals surface area contributed by atoms with E-state index in [1.807, 2.05) is 36.4 Å². The highest BCUT2D eigenvalue weighted by atomic mass is 16.5. The zero-order valence-corrected chi connectivity index (χ0v) is 11.5. The van der Waals surface area contributed by atoms with E-state index >= 15 is 0 Å². The van der Waals surface area contributed by atoms with Gasteiger partial charge in [-0.15, -0.1) is 5.10 Å². The molecule has 3 aromatic rings. The first-order valence-electron chi connectivity index (χ1n) is 6.49. The van der Waals surface area contributed by atoms with Crippen molar-refractivity contribution in [3.8, 4) is 0 Å². The van der Waals surface area contributed by atoms with E-state index < -0.39 is 0 Å². The molecule has 1 heterocycles. The third kappa shape index (κ3) is 2.55. The Balaban J connectivity index is 1.84. The van der Waals surface area contributed by atoms with Gasteiger partial charge in [-0.1, -0.05) is 29.5 Å². The summed E-state index contributed by atoms with van der Waals surface area (Å²) >= 11 is 0. The van der Waals surface area contributed by atoms with Crippen molar-refractivity contribution in [3.05, 3.63) is 54.1 Å². The second-order valence-electron chi connectivity index (χ2n) is 4.45. The van der Waals surface area contributed by atoms with Gasteiger partial charge in [-0.3, -0.25) is 0 Å². The fourth-order valence-corrected chi connectivity index (χ4v) is 2.12. The molecule has 0 aliphatic rings. The first kappa shape index (κ1) is 13.1. The Bertz CT molecular complexity index is 782. The predicted octanol–water partition coefficient (Wildman–Crippen LogP) is 2.29. The summed E-state index contributed by atoms with van der Waals surface area (Å²) in [6, 6.07) is 14.9. The molecule has 0 fully saturated rings. The van der Waals surface area contributed by atoms with Crippen LogP contribution < -0.4 is 5.32 Å². The number of nitrogens with one attached hydrogen (secondary N) is 1. The molecule has 0 atom stereocenters. The highest BCUT2D eigenvalue weighted by molar-refractivity contribution is 5.95. The van der Waals surface area contributed by atoms with Gasteiger partial charge in [-0.25, -0.2) is 9.48 Å². The molecule has 0 aliphatic heterocycles. The number of methoxy groups -OCH3 is 1. The van der Waals surface area contributed by atoms with E-state index in [0.717, 1.165) is 11.0 Å². The van der Waals surface area contributed by atoms with Crippen LogP contribution in [0.1, 0.15) is 10.4 Å². The maximum atomic E-state index is 11.7. The van der Waals surface area contributed by atoms with E-state index in [4.69, 9.17) is 4.74 Å². The van der Waals surface area contributed by atoms with E-state index in [0.29, 0.717) is 17.9 Å². The van der Waals surface area contributed by atoms with Crippen LogP contribution >= 0.6 is 0 Å². The van der Waals surface area contributed by atoms with Gasteiger partial charge in [0.2, 0.25) is 0 Å². The van der Waals surface area contributed by atoms with E-state index in [1.165, 1.54) is 7.11 Å². The summed E-state index contributed by atoms with van der Waals surface area (Å²) in [5.41, 5.74) is 2.95. The number of hydrogen-bond acceptors (Lipinski definition) is 5. The normalized spacial score (nSPS) is 10.5. The highest BCUT2D eigenvalue weighted by Crippen LogP contribution is 2.17. The molecule has 3 rings (SSSR count). The SMILES string of the molecule is COC(=O)c1ccccc1NCn1nnc2ccccc21. The van der Waals surface area contributed by atoms with Gasteiger partial charge in [0.25, 0.3) is 0 Å². The summed E-state index contributed by atoms with van der Waals surface area (Å²) in [6.07, 6.45) is 0. The molecule has 1 N–H and O–H groups in total. The van der Waals surface area contributed by atoms with Gasteiger partial charge in [-0.05, 0) is 24.3 Å². The lowest BCUT2D eigenvalue weighted by Crippen LogP contribution is -2.13. The maximum absolute atomic E-state index is 11.7. The van der Waals surface area contributed by atoms with Crippen molar-refractivity contribution in [1.29, 1.82) is 0 Å². The molecule has 106 valence electrons. The van der Waals surface area contributed by atoms with Crippen LogP contribution in [0.25, 0.3) is 11.0 Å². The van der Waals surface area contributed by atoms with Crippen molar-refractivity contribution in [1.82, 2.24) is 15.0 Å². The van der Waals surface area contributed by atoms with E-state index in [-0.39, 0.29) is 5.97 Å². The van der Waals surface area contributed by atoms with E-state index in [1.54, 1.807) is 16.8 Å². The number of aromatic nitrogens is 3. The molecule has 6 nitrogen and oxygen atoms in total. The average molecular weight is 282 g/mol. The standard InChI is InChI=1S/C15H14N4O2/c1-21-15(20)11-6-2-3-7-12(11)16-10-19-14-9-5-4-8-13(14)17-18-19/h2-9,16H,10H2,1H3. The second-order valence-corrected chi connectivity index (χ2v) is 4.45. The summed E-state index contributed by atoms with van der Waals surface area (Å²) in [7, 11) is 1.37. The van der Waals surface area contributed by atoms with Crippen LogP contribution in [0.3, 0.4) is 0 Å². The fraction of sp³-hybridized carbons (Fsp3) is 0.133. The molecule has 0 amide bonds. The quantitative estimate of drug-likeness (QED) is 0.743. The lowest BCUT2D eigenvalue weighted by atomic mass is 10.2. The molecule has 6 heteroatoms. The third-order valence-corrected chi connectivity index (χ3v) is 3.17. The number of fused-ring (bicyclic) bond motifs is 1. The Morgan fingerprint density at radius 1 is 1.19 bits per heavy atom. The molecule has 21 heavy (non-hydrogen) atoms. The van der Waals surface area contributed by atoms with E-state index in [9.17, 15) is 4.79 Å². The second kappa shape index (κ2) is 5.62. The number of anilines is 1. The molecule has 0 bridgehead atoms. The number of para-hydroxylation sites is 2. The molecule has 2 aromatic carbocycles. The zero-order valence-electron chi connectivity index (χ0n) is 11.5. The van der Waals surface area contributed by atoms with Crippen LogP contribution in [0.2, 0.25) is 0 Å². The van der Waals surface area contributed by atoms with Crippen LogP contribution in [-0.4, -0.2) is 28.1 Å². The number of hydrogen-bond donors (Lipinski definition) is 1. The lowest BCUT2D eigenvalue weighted by molar-refractivity contribution is 0.0602. The van der Waals surface area contributed by atoms with Crippen molar-refractivity contribution in [2.75, 3.05) is 12.4 Å². The van der Waals surface area contributed by atoms with Gasteiger partial charge in [0.05, 0.1) is 23.9 Å². The van der Waals surface area contributed by atoms with Crippen molar-refractivity contribution in [3.63, 3.8) is 0 Å². The Kier molecular flexibility index (Phi) is 3.51. The Hall–Kier alpha value is -2.89. The van der Waals surface area contributed by atoms with Crippen molar-refractivity contribution < 1.29 is 9.53 Å². The maximum Gasteiger partial charge on any atom is 0.339 e. The van der Waals surface area contributed by atoms with Gasteiger partial charge in [0.15, 0.2) is 0 Å². The minimum absolute atomic E-state index is 0.374. The van der Waals surface area contributed by atoms with Crippen LogP contribution in [0.15, 0.2) is 48.5 Å². The van der Waals surface area contributed by atoms with Crippen LogP contribution in [0.5, 0.6) is 0 Å². The molecule has 0 unspecified atom stereocenters. The minimum atomic E-state index is -0.374. The summed E-state index contributed by atoms with van der Waals surface area (Å²) in [4.78, 5) is 11.7. The molecule has 1 aromatic heterocycles.